The Morgan fingerprint density at radius 1 is 0.244 bits per heavy atom. The van der Waals surface area contributed by atoms with Gasteiger partial charge in [0.1, 0.15) is 165 Å². The lowest BCUT2D eigenvalue weighted by Gasteiger charge is -2.48. The average molecular weight is 1210 g/mol. The van der Waals surface area contributed by atoms with Crippen LogP contribution in [-0.2, 0) is 80.5 Å². The van der Waals surface area contributed by atoms with Crippen molar-refractivity contribution in [3.63, 3.8) is 0 Å². The van der Waals surface area contributed by atoms with Crippen LogP contribution >= 0.6 is 0 Å². The SMILES string of the molecule is OC[C@H]1O[C@H](O[C@@H]2[C@@H](O)[C@H](O[C@@H]3CO[C@@H](O[C@@H]4CO[C@@H](O[C@@H]5CO[C@@H](O[C@@H]6CO[C@@H](O)[C@H](O)[C@H]6O)[C@H](O)[C@H]5O)[C@H](O)[C@H]4O)[C@H](O[C@H]4O[C@H](CO)[C@@H](O)[C@@H]4O)[C@H]3O[C@H]3O[C@H](CO)[C@@H](O)[C@@H]3O)OC[C@H]2O[C@@H]2OC[C@@H](O)[C@H](O)[C@H]2O)[C@@H](O)[C@@H]1O. The number of hydrogen-bond donors (Lipinski definition) is 20. The fourth-order valence-corrected chi connectivity index (χ4v) is 10.5. The maximum absolute atomic E-state index is 12.0. The molecular formula is C45H74O37. The monoisotopic (exact) mass is 1210 g/mol. The third-order valence-electron chi connectivity index (χ3n) is 15.5. The number of aliphatic hydroxyl groups is 20. The fraction of sp³-hybridized carbons (Fsp3) is 1.00. The largest absolute Gasteiger partial charge is 0.394 e. The molecule has 37 heteroatoms. The summed E-state index contributed by atoms with van der Waals surface area (Å²) in [6.07, 6.45) is -63.4. The lowest BCUT2D eigenvalue weighted by molar-refractivity contribution is -0.389. The molecule has 0 amide bonds. The zero-order chi connectivity index (χ0) is 59.2. The summed E-state index contributed by atoms with van der Waals surface area (Å²) in [6.45, 7) is -6.09. The Bertz CT molecular complexity index is 1980. The van der Waals surface area contributed by atoms with Gasteiger partial charge in [-0.3, -0.25) is 0 Å². The van der Waals surface area contributed by atoms with Crippen LogP contribution in [-0.4, -0.2) is 383 Å². The summed E-state index contributed by atoms with van der Waals surface area (Å²) in [5, 5.41) is 212. The minimum absolute atomic E-state index is 0.437. The van der Waals surface area contributed by atoms with Crippen LogP contribution < -0.4 is 0 Å². The van der Waals surface area contributed by atoms with Crippen molar-refractivity contribution in [1.82, 2.24) is 0 Å². The molecule has 9 fully saturated rings. The molecule has 9 aliphatic rings. The van der Waals surface area contributed by atoms with Gasteiger partial charge in [0.25, 0.3) is 0 Å². The van der Waals surface area contributed by atoms with E-state index in [2.05, 4.69) is 0 Å². The highest BCUT2D eigenvalue weighted by Gasteiger charge is 2.58. The van der Waals surface area contributed by atoms with Crippen molar-refractivity contribution in [2.75, 3.05) is 59.5 Å². The Balaban J connectivity index is 0.937. The van der Waals surface area contributed by atoms with Crippen LogP contribution in [0.1, 0.15) is 0 Å². The first kappa shape index (κ1) is 65.0. The molecule has 0 aromatic heterocycles. The summed E-state index contributed by atoms with van der Waals surface area (Å²) in [7, 11) is 0. The number of ether oxygens (including phenoxy) is 17. The first-order chi connectivity index (χ1) is 39.0. The Kier molecular flexibility index (Phi) is 22.1. The highest BCUT2D eigenvalue weighted by atomic mass is 16.8. The van der Waals surface area contributed by atoms with Crippen molar-refractivity contribution < 1.29 is 183 Å². The molecule has 36 atom stereocenters. The van der Waals surface area contributed by atoms with Crippen LogP contribution in [0.4, 0.5) is 0 Å². The second kappa shape index (κ2) is 27.9. The highest BCUT2D eigenvalue weighted by Crippen LogP contribution is 2.38. The molecule has 37 nitrogen and oxygen atoms in total. The smallest absolute Gasteiger partial charge is 0.187 e. The third-order valence-corrected chi connectivity index (χ3v) is 15.5. The van der Waals surface area contributed by atoms with E-state index in [0.29, 0.717) is 0 Å². The molecule has 9 saturated heterocycles. The minimum Gasteiger partial charge on any atom is -0.394 e. The standard InChI is InChI=1S/C45H74O37/c46-1-11-20(51)30(61)42(72-11)80-34-17(78-38-27(58)19(50)10(49)4-67-38)8-70-41(33(34)64)79-18-9-71-45(36(82-44-32(63)22(53)13(3-48)74-44)35(18)81-43-31(62)21(52)12(2-47)73-43)77-16-7-69-40(29(60)25(16)56)76-15-6-68-39(28(59)24(15)55)75-14-5-66-37(65)26(57)23(14)54/h10-65H,1-9H2/t10-,11-,12-,13-,14-,15-,16-,17-,18-,19+,20-,21-,22-,23+,24+,25+,26-,27-,28-,29-,30+,31+,32+,33-,34+,35+,36-,37-,38+,39+,40+,41+,42-,43-,44-,45+/m1/s1. The predicted molar refractivity (Wildman–Crippen MR) is 243 cm³/mol. The lowest BCUT2D eigenvalue weighted by Crippen LogP contribution is -2.65. The van der Waals surface area contributed by atoms with Crippen molar-refractivity contribution in [3.8, 4) is 0 Å². The van der Waals surface area contributed by atoms with E-state index in [1.165, 1.54) is 0 Å². The van der Waals surface area contributed by atoms with E-state index in [1.54, 1.807) is 0 Å². The van der Waals surface area contributed by atoms with Gasteiger partial charge in [-0.25, -0.2) is 0 Å². The molecule has 0 aromatic rings. The van der Waals surface area contributed by atoms with Crippen LogP contribution in [0.2, 0.25) is 0 Å². The Hall–Kier alpha value is -1.48. The molecule has 0 saturated carbocycles. The maximum Gasteiger partial charge on any atom is 0.187 e. The zero-order valence-electron chi connectivity index (χ0n) is 43.0. The van der Waals surface area contributed by atoms with Gasteiger partial charge >= 0.3 is 0 Å². The van der Waals surface area contributed by atoms with Crippen molar-refractivity contribution in [2.45, 2.75) is 221 Å². The second-order valence-electron chi connectivity index (χ2n) is 21.0. The van der Waals surface area contributed by atoms with Crippen molar-refractivity contribution >= 4 is 0 Å². The summed E-state index contributed by atoms with van der Waals surface area (Å²) in [6, 6.07) is 0. The van der Waals surface area contributed by atoms with E-state index in [9.17, 15) is 102 Å². The predicted octanol–water partition coefficient (Wildman–Crippen LogP) is -14.9. The molecule has 9 rings (SSSR count). The van der Waals surface area contributed by atoms with Gasteiger partial charge in [-0.05, 0) is 0 Å². The molecule has 0 unspecified atom stereocenters. The molecular weight excluding hydrogens is 1130 g/mol. The summed E-state index contributed by atoms with van der Waals surface area (Å²) in [5.41, 5.74) is 0. The van der Waals surface area contributed by atoms with E-state index < -0.39 is 281 Å². The van der Waals surface area contributed by atoms with E-state index in [0.717, 1.165) is 0 Å². The van der Waals surface area contributed by atoms with Crippen LogP contribution in [0, 0.1) is 0 Å². The third kappa shape index (κ3) is 13.6. The van der Waals surface area contributed by atoms with Crippen LogP contribution in [0.3, 0.4) is 0 Å². The summed E-state index contributed by atoms with van der Waals surface area (Å²) in [5.74, 6) is 0. The molecule has 476 valence electrons. The molecule has 0 radical (unpaired) electrons. The molecule has 9 aliphatic heterocycles. The van der Waals surface area contributed by atoms with Crippen molar-refractivity contribution in [1.29, 1.82) is 0 Å². The van der Waals surface area contributed by atoms with Gasteiger partial charge in [0.15, 0.2) is 56.6 Å². The first-order valence-corrected chi connectivity index (χ1v) is 26.3. The quantitative estimate of drug-likeness (QED) is 0.0571. The van der Waals surface area contributed by atoms with E-state index in [-0.39, 0.29) is 0 Å². The molecule has 82 heavy (non-hydrogen) atoms. The van der Waals surface area contributed by atoms with Crippen molar-refractivity contribution in [2.24, 2.45) is 0 Å². The van der Waals surface area contributed by atoms with Gasteiger partial charge in [0.2, 0.25) is 0 Å². The fourth-order valence-electron chi connectivity index (χ4n) is 10.5. The van der Waals surface area contributed by atoms with Gasteiger partial charge < -0.3 is 183 Å². The van der Waals surface area contributed by atoms with Gasteiger partial charge in [-0.2, -0.15) is 0 Å². The Morgan fingerprint density at radius 2 is 0.549 bits per heavy atom. The summed E-state index contributed by atoms with van der Waals surface area (Å²) >= 11 is 0. The van der Waals surface area contributed by atoms with E-state index in [1.807, 2.05) is 0 Å². The molecule has 0 aromatic carbocycles. The van der Waals surface area contributed by atoms with Crippen LogP contribution in [0.5, 0.6) is 0 Å². The van der Waals surface area contributed by atoms with E-state index >= 15 is 0 Å². The molecule has 0 bridgehead atoms. The number of hydrogen-bond acceptors (Lipinski definition) is 37. The molecule has 20 N–H and O–H groups in total. The van der Waals surface area contributed by atoms with Gasteiger partial charge in [-0.1, -0.05) is 0 Å². The molecule has 0 aliphatic carbocycles. The normalized spacial score (nSPS) is 54.1. The summed E-state index contributed by atoms with van der Waals surface area (Å²) in [4.78, 5) is 0. The topological polar surface area (TPSA) is 562 Å². The first-order valence-electron chi connectivity index (χ1n) is 26.3. The van der Waals surface area contributed by atoms with Gasteiger partial charge in [-0.15, -0.1) is 0 Å². The van der Waals surface area contributed by atoms with Crippen molar-refractivity contribution in [3.05, 3.63) is 0 Å². The highest BCUT2D eigenvalue weighted by molar-refractivity contribution is 4.99. The zero-order valence-corrected chi connectivity index (χ0v) is 43.0. The van der Waals surface area contributed by atoms with Gasteiger partial charge in [0.05, 0.1) is 59.5 Å². The number of rotatable bonds is 19. The van der Waals surface area contributed by atoms with Gasteiger partial charge in [0, 0.05) is 0 Å². The molecule has 9 heterocycles. The van der Waals surface area contributed by atoms with Crippen LogP contribution in [0.15, 0.2) is 0 Å². The lowest BCUT2D eigenvalue weighted by atomic mass is 10.0. The minimum atomic E-state index is -2.10. The number of aliphatic hydroxyl groups excluding tert-OH is 20. The Labute approximate surface area is 463 Å². The maximum atomic E-state index is 12.0. The second-order valence-corrected chi connectivity index (χ2v) is 21.0. The van der Waals surface area contributed by atoms with E-state index in [4.69, 9.17) is 80.5 Å². The van der Waals surface area contributed by atoms with Crippen LogP contribution in [0.25, 0.3) is 0 Å². The average Bonchev–Trinajstić information content (AvgIpc) is 3.78. The summed E-state index contributed by atoms with van der Waals surface area (Å²) < 4.78 is 98.0. The Morgan fingerprint density at radius 3 is 0.988 bits per heavy atom. The molecule has 0 spiro atoms.